The highest BCUT2D eigenvalue weighted by Crippen LogP contribution is 2.11. The van der Waals surface area contributed by atoms with Crippen LogP contribution in [0.3, 0.4) is 0 Å². The van der Waals surface area contributed by atoms with Crippen molar-refractivity contribution in [2.45, 2.75) is 84.6 Å². The van der Waals surface area contributed by atoms with Gasteiger partial charge in [-0.2, -0.15) is 0 Å². The van der Waals surface area contributed by atoms with Gasteiger partial charge in [-0.15, -0.1) is 0 Å². The van der Waals surface area contributed by atoms with Crippen LogP contribution in [0, 0.1) is 11.3 Å². The highest BCUT2D eigenvalue weighted by atomic mass is 16.7. The maximum atomic E-state index is 12.5. The lowest BCUT2D eigenvalue weighted by molar-refractivity contribution is -0.165. The summed E-state index contributed by atoms with van der Waals surface area (Å²) in [5, 5.41) is 15.5. The summed E-state index contributed by atoms with van der Waals surface area (Å²) in [7, 11) is 0. The molecule has 0 heterocycles. The van der Waals surface area contributed by atoms with Crippen LogP contribution in [0.1, 0.15) is 66.2 Å². The number of unbranched alkanes of at least 4 members (excludes halogenated alkanes) is 2. The van der Waals surface area contributed by atoms with E-state index < -0.39 is 18.4 Å². The first-order valence-corrected chi connectivity index (χ1v) is 11.4. The average Bonchev–Trinajstić information content (AvgIpc) is 2.72. The number of carbonyl (C=O) groups is 2. The number of carbonyl (C=O) groups excluding carboxylic acids is 2. The molecule has 0 radical (unpaired) electrons. The van der Waals surface area contributed by atoms with E-state index in [1.54, 1.807) is 0 Å². The zero-order valence-electron chi connectivity index (χ0n) is 19.7. The quantitative estimate of drug-likeness (QED) is 0.0787. The van der Waals surface area contributed by atoms with E-state index in [0.717, 1.165) is 25.7 Å². The molecular weight excluding hydrogens is 400 g/mol. The predicted molar refractivity (Wildman–Crippen MR) is 122 cm³/mol. The Balaban J connectivity index is 4.99. The molecule has 0 spiro atoms. The van der Waals surface area contributed by atoms with E-state index in [0.29, 0.717) is 32.6 Å². The highest BCUT2D eigenvalue weighted by Gasteiger charge is 2.25. The van der Waals surface area contributed by atoms with E-state index in [4.69, 9.17) is 26.4 Å². The molecule has 0 aliphatic heterocycles. The van der Waals surface area contributed by atoms with Crippen molar-refractivity contribution in [3.8, 4) is 0 Å². The van der Waals surface area contributed by atoms with Crippen molar-refractivity contribution in [2.24, 2.45) is 17.4 Å². The molecule has 2 amide bonds. The first-order chi connectivity index (χ1) is 14.7. The fourth-order valence-electron chi connectivity index (χ4n) is 2.64. The fraction of sp³-hybridized carbons (Fsp3) is 0.857. The maximum Gasteiger partial charge on any atom is 0.239 e. The molecule has 0 saturated carbocycles. The standard InChI is InChI=1S/C21H44N6O4/c1-5-7-12-30-20(31-13-8-6-2)16(10-9-11-25-21(23)24)27-17(28)14-26-19(29)18(22)15(3)4/h15-16,18,20H,5-14,22H2,1-4H3,(H,26,29)(H,27,28)(H4,23,24,25)/t16?,18-/m1/s1. The van der Waals surface area contributed by atoms with Crippen molar-refractivity contribution in [2.75, 3.05) is 26.3 Å². The number of hydrogen-bond donors (Lipinski definition) is 6. The minimum absolute atomic E-state index is 0.0205. The Labute approximate surface area is 187 Å². The Hall–Kier alpha value is -1.91. The van der Waals surface area contributed by atoms with Gasteiger partial charge in [-0.3, -0.25) is 15.0 Å². The molecule has 0 aliphatic rings. The van der Waals surface area contributed by atoms with Crippen molar-refractivity contribution >= 4 is 17.8 Å². The van der Waals surface area contributed by atoms with Crippen LogP contribution in [-0.2, 0) is 19.1 Å². The second kappa shape index (κ2) is 17.7. The third kappa shape index (κ3) is 14.7. The summed E-state index contributed by atoms with van der Waals surface area (Å²) in [5.41, 5.74) is 11.1. The minimum Gasteiger partial charge on any atom is -0.370 e. The number of ether oxygens (including phenoxy) is 2. The van der Waals surface area contributed by atoms with Crippen molar-refractivity contribution < 1.29 is 19.1 Å². The lowest BCUT2D eigenvalue weighted by Gasteiger charge is -2.29. The third-order valence-corrected chi connectivity index (χ3v) is 4.69. The van der Waals surface area contributed by atoms with E-state index >= 15 is 0 Å². The predicted octanol–water partition coefficient (Wildman–Crippen LogP) is 0.793. The van der Waals surface area contributed by atoms with Crippen molar-refractivity contribution in [1.29, 1.82) is 5.41 Å². The lowest BCUT2D eigenvalue weighted by Crippen LogP contribution is -2.51. The smallest absolute Gasteiger partial charge is 0.239 e. The normalized spacial score (nSPS) is 13.1. The highest BCUT2D eigenvalue weighted by molar-refractivity contribution is 5.87. The van der Waals surface area contributed by atoms with Gasteiger partial charge in [0.2, 0.25) is 11.8 Å². The second-order valence-corrected chi connectivity index (χ2v) is 7.96. The third-order valence-electron chi connectivity index (χ3n) is 4.69. The summed E-state index contributed by atoms with van der Waals surface area (Å²) in [4.78, 5) is 24.5. The van der Waals surface area contributed by atoms with Crippen LogP contribution in [0.5, 0.6) is 0 Å². The molecule has 8 N–H and O–H groups in total. The molecule has 0 bridgehead atoms. The zero-order valence-corrected chi connectivity index (χ0v) is 19.7. The number of nitrogens with two attached hydrogens (primary N) is 2. The topological polar surface area (TPSA) is 165 Å². The number of guanidine groups is 1. The monoisotopic (exact) mass is 444 g/mol. The van der Waals surface area contributed by atoms with Crippen LogP contribution in [-0.4, -0.2) is 62.5 Å². The average molecular weight is 445 g/mol. The molecule has 31 heavy (non-hydrogen) atoms. The van der Waals surface area contributed by atoms with Crippen LogP contribution >= 0.6 is 0 Å². The Morgan fingerprint density at radius 1 is 1.00 bits per heavy atom. The molecule has 2 atom stereocenters. The molecule has 0 saturated heterocycles. The molecule has 0 aromatic heterocycles. The van der Waals surface area contributed by atoms with Gasteiger partial charge in [0.1, 0.15) is 0 Å². The molecule has 0 rings (SSSR count). The van der Waals surface area contributed by atoms with E-state index in [1.165, 1.54) is 0 Å². The van der Waals surface area contributed by atoms with Gasteiger partial charge < -0.3 is 36.9 Å². The lowest BCUT2D eigenvalue weighted by atomic mass is 10.1. The molecule has 1 unspecified atom stereocenters. The largest absolute Gasteiger partial charge is 0.370 e. The number of nitrogens with one attached hydrogen (secondary N) is 4. The van der Waals surface area contributed by atoms with Gasteiger partial charge in [0.05, 0.1) is 18.6 Å². The van der Waals surface area contributed by atoms with E-state index in [-0.39, 0.29) is 30.2 Å². The first kappa shape index (κ1) is 29.1. The van der Waals surface area contributed by atoms with E-state index in [1.807, 2.05) is 13.8 Å². The second-order valence-electron chi connectivity index (χ2n) is 7.96. The molecule has 0 aromatic rings. The van der Waals surface area contributed by atoms with Crippen molar-refractivity contribution in [3.05, 3.63) is 0 Å². The summed E-state index contributed by atoms with van der Waals surface area (Å²) < 4.78 is 11.9. The first-order valence-electron chi connectivity index (χ1n) is 11.4. The van der Waals surface area contributed by atoms with Crippen LogP contribution in [0.15, 0.2) is 0 Å². The van der Waals surface area contributed by atoms with Crippen LogP contribution in [0.25, 0.3) is 0 Å². The molecule has 10 nitrogen and oxygen atoms in total. The Kier molecular flexibility index (Phi) is 16.6. The van der Waals surface area contributed by atoms with Gasteiger partial charge in [-0.25, -0.2) is 0 Å². The zero-order chi connectivity index (χ0) is 23.6. The summed E-state index contributed by atoms with van der Waals surface area (Å²) in [6, 6.07) is -1.06. The summed E-state index contributed by atoms with van der Waals surface area (Å²) in [6.07, 6.45) is 4.39. The number of rotatable bonds is 18. The number of amides is 2. The summed E-state index contributed by atoms with van der Waals surface area (Å²) >= 11 is 0. The van der Waals surface area contributed by atoms with Crippen molar-refractivity contribution in [3.63, 3.8) is 0 Å². The number of hydrogen-bond acceptors (Lipinski definition) is 6. The molecule has 0 fully saturated rings. The van der Waals surface area contributed by atoms with Crippen LogP contribution < -0.4 is 27.4 Å². The molecule has 0 aromatic carbocycles. The van der Waals surface area contributed by atoms with Gasteiger partial charge in [0, 0.05) is 19.8 Å². The van der Waals surface area contributed by atoms with Crippen molar-refractivity contribution in [1.82, 2.24) is 16.0 Å². The van der Waals surface area contributed by atoms with Crippen LogP contribution in [0.4, 0.5) is 0 Å². The summed E-state index contributed by atoms with van der Waals surface area (Å²) in [5.74, 6) is -0.813. The van der Waals surface area contributed by atoms with Gasteiger partial charge in [-0.1, -0.05) is 40.5 Å². The van der Waals surface area contributed by atoms with Gasteiger partial charge in [0.25, 0.3) is 0 Å². The Morgan fingerprint density at radius 2 is 1.58 bits per heavy atom. The van der Waals surface area contributed by atoms with Crippen LogP contribution in [0.2, 0.25) is 0 Å². The van der Waals surface area contributed by atoms with Gasteiger partial charge in [-0.05, 0) is 31.6 Å². The Bertz CT molecular complexity index is 508. The SMILES string of the molecule is CCCCOC(OCCCC)C(CCCNC(=N)N)NC(=O)CNC(=O)[C@H](N)C(C)C. The Morgan fingerprint density at radius 3 is 2.06 bits per heavy atom. The molecular formula is C21H44N6O4. The maximum absolute atomic E-state index is 12.5. The minimum atomic E-state index is -0.663. The fourth-order valence-corrected chi connectivity index (χ4v) is 2.64. The van der Waals surface area contributed by atoms with E-state index in [9.17, 15) is 9.59 Å². The van der Waals surface area contributed by atoms with Gasteiger partial charge in [0.15, 0.2) is 12.2 Å². The molecule has 10 heteroatoms. The van der Waals surface area contributed by atoms with Gasteiger partial charge >= 0.3 is 0 Å². The van der Waals surface area contributed by atoms with E-state index in [2.05, 4.69) is 29.8 Å². The summed E-state index contributed by atoms with van der Waals surface area (Å²) in [6.45, 7) is 9.25. The molecule has 182 valence electrons. The molecule has 0 aliphatic carbocycles.